The fraction of sp³-hybridized carbons (Fsp3) is 0.435. The first-order chi connectivity index (χ1) is 13.2. The smallest absolute Gasteiger partial charge is 0.130 e. The minimum absolute atomic E-state index is 0.177. The number of rotatable bonds is 7. The van der Waals surface area contributed by atoms with Gasteiger partial charge in [-0.05, 0) is 67.3 Å². The van der Waals surface area contributed by atoms with Crippen molar-refractivity contribution in [1.29, 1.82) is 0 Å². The molecular formula is C23H30FN2PS. The van der Waals surface area contributed by atoms with Gasteiger partial charge < -0.3 is 10.6 Å². The summed E-state index contributed by atoms with van der Waals surface area (Å²) in [5, 5.41) is 8.00. The van der Waals surface area contributed by atoms with Crippen molar-refractivity contribution in [3.8, 4) is 0 Å². The Bertz CT molecular complexity index is 832. The molecule has 1 aliphatic rings. The summed E-state index contributed by atoms with van der Waals surface area (Å²) in [5.74, 6) is 0. The van der Waals surface area contributed by atoms with Crippen LogP contribution in [0.25, 0.3) is 0 Å². The quantitative estimate of drug-likeness (QED) is 0.449. The Hall–Kier alpha value is -1.51. The zero-order chi connectivity index (χ0) is 20.5. The summed E-state index contributed by atoms with van der Waals surface area (Å²) in [7, 11) is 2.40. The standard InChI is InChI=1S/C23H30FN2PS/c1-22(2,24)16-13-17(25-4)19(18(14-16)27-5)21(28)26-20(23(3)11-12-23)15-9-7-6-8-10-15/h6-10,13-14,20,25,27H,11-12H2,1-5H3,(H,26,28). The van der Waals surface area contributed by atoms with Gasteiger partial charge in [0, 0.05) is 18.3 Å². The second-order valence-corrected chi connectivity index (χ2v) is 9.84. The van der Waals surface area contributed by atoms with Gasteiger partial charge in [-0.3, -0.25) is 0 Å². The van der Waals surface area contributed by atoms with Gasteiger partial charge in [0.2, 0.25) is 0 Å². The number of halogens is 1. The van der Waals surface area contributed by atoms with Gasteiger partial charge in [0.15, 0.2) is 0 Å². The molecule has 150 valence electrons. The third-order valence-corrected chi connectivity index (χ3v) is 6.99. The fourth-order valence-electron chi connectivity index (χ4n) is 3.62. The van der Waals surface area contributed by atoms with Gasteiger partial charge in [0.25, 0.3) is 0 Å². The Labute approximate surface area is 175 Å². The highest BCUT2D eigenvalue weighted by molar-refractivity contribution is 7.80. The highest BCUT2D eigenvalue weighted by Gasteiger charge is 2.46. The summed E-state index contributed by atoms with van der Waals surface area (Å²) in [6.07, 6.45) is 2.39. The fourth-order valence-corrected chi connectivity index (χ4v) is 4.86. The van der Waals surface area contributed by atoms with E-state index in [-0.39, 0.29) is 11.5 Å². The maximum Gasteiger partial charge on any atom is 0.130 e. The van der Waals surface area contributed by atoms with Crippen molar-refractivity contribution < 1.29 is 4.39 Å². The third-order valence-electron chi connectivity index (χ3n) is 5.73. The Morgan fingerprint density at radius 1 is 1.21 bits per heavy atom. The molecule has 2 N–H and O–H groups in total. The highest BCUT2D eigenvalue weighted by Crippen LogP contribution is 2.54. The molecule has 3 rings (SSSR count). The van der Waals surface area contributed by atoms with Crippen LogP contribution in [0.2, 0.25) is 0 Å². The Balaban J connectivity index is 1.99. The lowest BCUT2D eigenvalue weighted by molar-refractivity contribution is 0.221. The van der Waals surface area contributed by atoms with E-state index in [4.69, 9.17) is 12.2 Å². The highest BCUT2D eigenvalue weighted by atomic mass is 32.1. The van der Waals surface area contributed by atoms with Crippen LogP contribution in [0.15, 0.2) is 42.5 Å². The second kappa shape index (κ2) is 8.08. The lowest BCUT2D eigenvalue weighted by Crippen LogP contribution is -2.35. The maximum absolute atomic E-state index is 14.6. The molecule has 1 fully saturated rings. The van der Waals surface area contributed by atoms with E-state index in [1.165, 1.54) is 18.4 Å². The molecule has 0 aliphatic heterocycles. The number of anilines is 1. The average molecular weight is 417 g/mol. The zero-order valence-electron chi connectivity index (χ0n) is 17.3. The van der Waals surface area contributed by atoms with E-state index in [2.05, 4.69) is 48.5 Å². The predicted molar refractivity (Wildman–Crippen MR) is 125 cm³/mol. The number of hydrogen-bond acceptors (Lipinski definition) is 2. The summed E-state index contributed by atoms with van der Waals surface area (Å²) in [6, 6.07) is 14.6. The summed E-state index contributed by atoms with van der Waals surface area (Å²) in [6.45, 7) is 7.63. The molecule has 2 aromatic rings. The number of hydrogen-bond donors (Lipinski definition) is 2. The number of benzene rings is 2. The van der Waals surface area contributed by atoms with Crippen LogP contribution in [-0.2, 0) is 5.67 Å². The van der Waals surface area contributed by atoms with Gasteiger partial charge in [-0.1, -0.05) is 58.1 Å². The van der Waals surface area contributed by atoms with E-state index < -0.39 is 5.67 Å². The first-order valence-corrected chi connectivity index (χ1v) is 11.7. The van der Waals surface area contributed by atoms with Crippen LogP contribution in [0.4, 0.5) is 10.1 Å². The average Bonchev–Trinajstić information content (AvgIpc) is 3.42. The topological polar surface area (TPSA) is 24.1 Å². The summed E-state index contributed by atoms with van der Waals surface area (Å²) < 4.78 is 14.6. The Morgan fingerprint density at radius 3 is 2.36 bits per heavy atom. The van der Waals surface area contributed by atoms with Crippen molar-refractivity contribution in [2.45, 2.75) is 45.3 Å². The van der Waals surface area contributed by atoms with Crippen molar-refractivity contribution in [3.05, 3.63) is 59.2 Å². The number of nitrogens with one attached hydrogen (secondary N) is 2. The second-order valence-electron chi connectivity index (χ2n) is 8.39. The third kappa shape index (κ3) is 4.39. The first-order valence-electron chi connectivity index (χ1n) is 9.78. The van der Waals surface area contributed by atoms with Crippen LogP contribution < -0.4 is 15.9 Å². The van der Waals surface area contributed by atoms with Crippen molar-refractivity contribution in [3.63, 3.8) is 0 Å². The molecule has 1 aliphatic carbocycles. The maximum atomic E-state index is 14.6. The van der Waals surface area contributed by atoms with E-state index in [0.717, 1.165) is 21.5 Å². The number of alkyl halides is 1. The van der Waals surface area contributed by atoms with Crippen LogP contribution in [0.1, 0.15) is 56.3 Å². The van der Waals surface area contributed by atoms with Crippen LogP contribution in [0, 0.1) is 5.41 Å². The zero-order valence-corrected chi connectivity index (χ0v) is 19.1. The van der Waals surface area contributed by atoms with Crippen molar-refractivity contribution >= 4 is 36.8 Å². The molecule has 0 aromatic heterocycles. The van der Waals surface area contributed by atoms with Crippen molar-refractivity contribution in [2.24, 2.45) is 5.41 Å². The van der Waals surface area contributed by atoms with Gasteiger partial charge in [0.05, 0.1) is 6.04 Å². The van der Waals surface area contributed by atoms with Crippen LogP contribution in [0.3, 0.4) is 0 Å². The van der Waals surface area contributed by atoms with E-state index in [1.807, 2.05) is 25.2 Å². The lowest BCUT2D eigenvalue weighted by atomic mass is 9.91. The van der Waals surface area contributed by atoms with Gasteiger partial charge in [0.1, 0.15) is 10.7 Å². The van der Waals surface area contributed by atoms with Crippen molar-refractivity contribution in [1.82, 2.24) is 5.32 Å². The minimum Gasteiger partial charge on any atom is -0.388 e. The molecule has 2 unspecified atom stereocenters. The van der Waals surface area contributed by atoms with Gasteiger partial charge in [-0.15, -0.1) is 0 Å². The molecule has 0 saturated heterocycles. The molecule has 0 radical (unpaired) electrons. The lowest BCUT2D eigenvalue weighted by Gasteiger charge is -2.29. The van der Waals surface area contributed by atoms with Crippen LogP contribution in [0.5, 0.6) is 0 Å². The molecule has 2 aromatic carbocycles. The van der Waals surface area contributed by atoms with E-state index in [0.29, 0.717) is 14.1 Å². The minimum atomic E-state index is -1.39. The number of thiocarbonyl (C=S) groups is 1. The largest absolute Gasteiger partial charge is 0.388 e. The Kier molecular flexibility index (Phi) is 6.12. The van der Waals surface area contributed by atoms with Crippen LogP contribution in [-0.4, -0.2) is 18.7 Å². The monoisotopic (exact) mass is 416 g/mol. The van der Waals surface area contributed by atoms with Gasteiger partial charge >= 0.3 is 0 Å². The summed E-state index contributed by atoms with van der Waals surface area (Å²) in [4.78, 5) is 0.735. The summed E-state index contributed by atoms with van der Waals surface area (Å²) in [5.41, 5.74) is 2.66. The predicted octanol–water partition coefficient (Wildman–Crippen LogP) is 5.67. The molecule has 2 nitrogen and oxygen atoms in total. The SMILES string of the molecule is CNc1cc(C(C)(C)F)cc(PC)c1C(=S)NC(c1ccccc1)C1(C)CC1. The molecule has 0 bridgehead atoms. The van der Waals surface area contributed by atoms with Crippen molar-refractivity contribution in [2.75, 3.05) is 19.0 Å². The molecule has 2 atom stereocenters. The van der Waals surface area contributed by atoms with E-state index >= 15 is 0 Å². The van der Waals surface area contributed by atoms with Gasteiger partial charge in [-0.2, -0.15) is 0 Å². The van der Waals surface area contributed by atoms with E-state index in [9.17, 15) is 4.39 Å². The summed E-state index contributed by atoms with van der Waals surface area (Å²) >= 11 is 5.90. The van der Waals surface area contributed by atoms with E-state index in [1.54, 1.807) is 13.8 Å². The molecule has 1 saturated carbocycles. The first kappa shape index (κ1) is 21.2. The van der Waals surface area contributed by atoms with Crippen LogP contribution >= 0.6 is 20.8 Å². The molecule has 0 amide bonds. The normalized spacial score (nSPS) is 16.8. The Morgan fingerprint density at radius 2 is 1.86 bits per heavy atom. The molecule has 0 spiro atoms. The molecule has 28 heavy (non-hydrogen) atoms. The van der Waals surface area contributed by atoms with Gasteiger partial charge in [-0.25, -0.2) is 4.39 Å². The molecular weight excluding hydrogens is 386 g/mol. The molecule has 0 heterocycles. The molecule has 5 heteroatoms.